The first-order valence-corrected chi connectivity index (χ1v) is 9.29. The SMILES string of the molecule is Cc1cc(C(O)(C(F)(F)F)C(F)(F)F)ccc1OCCCOc1ccc(CC(=O)O)cc1. The number of aliphatic hydroxyl groups is 1. The Balaban J connectivity index is 1.93. The molecule has 0 atom stereocenters. The predicted molar refractivity (Wildman–Crippen MR) is 101 cm³/mol. The topological polar surface area (TPSA) is 76.0 Å². The van der Waals surface area contributed by atoms with Crippen molar-refractivity contribution in [1.29, 1.82) is 0 Å². The van der Waals surface area contributed by atoms with Crippen molar-refractivity contribution in [3.05, 3.63) is 59.2 Å². The largest absolute Gasteiger partial charge is 0.493 e. The van der Waals surface area contributed by atoms with Crippen molar-refractivity contribution >= 4 is 5.97 Å². The molecular weight excluding hydrogens is 446 g/mol. The van der Waals surface area contributed by atoms with Crippen molar-refractivity contribution in [2.75, 3.05) is 13.2 Å². The molecule has 0 aromatic heterocycles. The van der Waals surface area contributed by atoms with Crippen LogP contribution in [0.5, 0.6) is 11.5 Å². The molecule has 0 spiro atoms. The summed E-state index contributed by atoms with van der Waals surface area (Å²) < 4.78 is 88.7. The molecule has 2 N–H and O–H groups in total. The molecule has 0 heterocycles. The zero-order valence-corrected chi connectivity index (χ0v) is 16.8. The molecule has 0 aliphatic carbocycles. The monoisotopic (exact) mass is 466 g/mol. The molecule has 2 rings (SSSR count). The average molecular weight is 466 g/mol. The normalized spacial score (nSPS) is 12.5. The molecule has 0 aliphatic heterocycles. The van der Waals surface area contributed by atoms with E-state index in [9.17, 15) is 36.2 Å². The molecule has 5 nitrogen and oxygen atoms in total. The minimum atomic E-state index is -5.96. The molecule has 2 aromatic rings. The van der Waals surface area contributed by atoms with Gasteiger partial charge in [-0.2, -0.15) is 26.3 Å². The van der Waals surface area contributed by atoms with Gasteiger partial charge in [0.25, 0.3) is 5.60 Å². The van der Waals surface area contributed by atoms with Gasteiger partial charge in [-0.05, 0) is 42.3 Å². The lowest BCUT2D eigenvalue weighted by Gasteiger charge is -2.33. The van der Waals surface area contributed by atoms with Gasteiger partial charge in [0.05, 0.1) is 19.6 Å². The fourth-order valence-electron chi connectivity index (χ4n) is 2.83. The van der Waals surface area contributed by atoms with E-state index in [-0.39, 0.29) is 30.9 Å². The molecule has 32 heavy (non-hydrogen) atoms. The average Bonchev–Trinajstić information content (AvgIpc) is 2.67. The van der Waals surface area contributed by atoms with Crippen molar-refractivity contribution in [3.8, 4) is 11.5 Å². The van der Waals surface area contributed by atoms with E-state index in [0.717, 1.165) is 6.07 Å². The minimum absolute atomic E-state index is 0.00985. The van der Waals surface area contributed by atoms with E-state index in [1.54, 1.807) is 24.3 Å². The van der Waals surface area contributed by atoms with Crippen LogP contribution in [-0.4, -0.2) is 41.7 Å². The zero-order chi connectivity index (χ0) is 24.2. The number of carboxylic acid groups (broad SMARTS) is 1. The van der Waals surface area contributed by atoms with E-state index in [0.29, 0.717) is 29.9 Å². The molecule has 0 radical (unpaired) electrons. The van der Waals surface area contributed by atoms with Crippen LogP contribution in [0.3, 0.4) is 0 Å². The highest BCUT2D eigenvalue weighted by Gasteiger charge is 2.71. The maximum Gasteiger partial charge on any atom is 0.430 e. The number of hydrogen-bond donors (Lipinski definition) is 2. The van der Waals surface area contributed by atoms with Gasteiger partial charge in [-0.15, -0.1) is 0 Å². The Morgan fingerprint density at radius 2 is 1.47 bits per heavy atom. The van der Waals surface area contributed by atoms with Crippen LogP contribution < -0.4 is 9.47 Å². The fraction of sp³-hybridized carbons (Fsp3) is 0.381. The second kappa shape index (κ2) is 9.68. The van der Waals surface area contributed by atoms with Crippen molar-refractivity contribution in [3.63, 3.8) is 0 Å². The van der Waals surface area contributed by atoms with E-state index in [4.69, 9.17) is 14.6 Å². The fourth-order valence-corrected chi connectivity index (χ4v) is 2.83. The van der Waals surface area contributed by atoms with Crippen molar-refractivity contribution in [2.24, 2.45) is 0 Å². The Bertz CT molecular complexity index is 908. The summed E-state index contributed by atoms with van der Waals surface area (Å²) in [6.07, 6.45) is -11.7. The van der Waals surface area contributed by atoms with Crippen LogP contribution in [0, 0.1) is 6.92 Å². The van der Waals surface area contributed by atoms with E-state index in [2.05, 4.69) is 0 Å². The summed E-state index contributed by atoms with van der Waals surface area (Å²) in [6.45, 7) is 1.54. The highest BCUT2D eigenvalue weighted by atomic mass is 19.4. The van der Waals surface area contributed by atoms with Gasteiger partial charge in [0, 0.05) is 12.0 Å². The van der Waals surface area contributed by atoms with Gasteiger partial charge in [0.15, 0.2) is 0 Å². The van der Waals surface area contributed by atoms with Gasteiger partial charge in [-0.3, -0.25) is 4.79 Å². The van der Waals surface area contributed by atoms with Gasteiger partial charge in [0.1, 0.15) is 11.5 Å². The van der Waals surface area contributed by atoms with Crippen LogP contribution in [0.4, 0.5) is 26.3 Å². The first-order chi connectivity index (χ1) is 14.8. The Kier molecular flexibility index (Phi) is 7.66. The Morgan fingerprint density at radius 3 is 1.97 bits per heavy atom. The van der Waals surface area contributed by atoms with Crippen LogP contribution in [0.1, 0.15) is 23.1 Å². The summed E-state index contributed by atoms with van der Waals surface area (Å²) in [6, 6.07) is 8.47. The molecular formula is C21H20F6O5. The summed E-state index contributed by atoms with van der Waals surface area (Å²) in [7, 11) is 0. The highest BCUT2D eigenvalue weighted by molar-refractivity contribution is 5.70. The lowest BCUT2D eigenvalue weighted by Crippen LogP contribution is -2.53. The molecule has 0 amide bonds. The number of hydrogen-bond acceptors (Lipinski definition) is 4. The van der Waals surface area contributed by atoms with Crippen LogP contribution >= 0.6 is 0 Å². The predicted octanol–water partition coefficient (Wildman–Crippen LogP) is 4.78. The number of rotatable bonds is 9. The molecule has 2 aromatic carbocycles. The molecule has 0 bridgehead atoms. The maximum absolute atomic E-state index is 13.0. The smallest absolute Gasteiger partial charge is 0.430 e. The second-order valence-corrected chi connectivity index (χ2v) is 6.95. The Morgan fingerprint density at radius 1 is 0.906 bits per heavy atom. The van der Waals surface area contributed by atoms with E-state index in [1.165, 1.54) is 6.92 Å². The first-order valence-electron chi connectivity index (χ1n) is 9.29. The van der Waals surface area contributed by atoms with Crippen LogP contribution in [-0.2, 0) is 16.8 Å². The molecule has 0 aliphatic rings. The van der Waals surface area contributed by atoms with Gasteiger partial charge in [-0.1, -0.05) is 18.2 Å². The second-order valence-electron chi connectivity index (χ2n) is 6.95. The van der Waals surface area contributed by atoms with Gasteiger partial charge < -0.3 is 19.7 Å². The molecule has 11 heteroatoms. The quantitative estimate of drug-likeness (QED) is 0.411. The van der Waals surface area contributed by atoms with Gasteiger partial charge in [0.2, 0.25) is 0 Å². The molecule has 0 unspecified atom stereocenters. The maximum atomic E-state index is 13.0. The third kappa shape index (κ3) is 5.84. The number of alkyl halides is 6. The van der Waals surface area contributed by atoms with Crippen molar-refractivity contribution < 1.29 is 50.8 Å². The summed E-state index contributed by atoms with van der Waals surface area (Å²) >= 11 is 0. The number of carboxylic acids is 1. The van der Waals surface area contributed by atoms with Crippen molar-refractivity contribution in [1.82, 2.24) is 0 Å². The van der Waals surface area contributed by atoms with E-state index >= 15 is 0 Å². The Hall–Kier alpha value is -2.95. The van der Waals surface area contributed by atoms with Gasteiger partial charge in [-0.25, -0.2) is 0 Å². The summed E-state index contributed by atoms with van der Waals surface area (Å²) in [5, 5.41) is 18.2. The number of ether oxygens (including phenoxy) is 2. The Labute approximate surface area is 179 Å². The summed E-state index contributed by atoms with van der Waals surface area (Å²) in [5.41, 5.74) is -5.74. The van der Waals surface area contributed by atoms with E-state index < -0.39 is 29.5 Å². The number of aliphatic carboxylic acids is 1. The molecule has 0 saturated heterocycles. The molecule has 0 saturated carbocycles. The minimum Gasteiger partial charge on any atom is -0.493 e. The van der Waals surface area contributed by atoms with Crippen molar-refractivity contribution in [2.45, 2.75) is 37.7 Å². The number of benzene rings is 2. The zero-order valence-electron chi connectivity index (χ0n) is 16.8. The van der Waals surface area contributed by atoms with Gasteiger partial charge >= 0.3 is 18.3 Å². The number of aryl methyl sites for hydroxylation is 1. The first kappa shape index (κ1) is 25.3. The van der Waals surface area contributed by atoms with E-state index in [1.807, 2.05) is 0 Å². The molecule has 176 valence electrons. The van der Waals surface area contributed by atoms with Crippen LogP contribution in [0.15, 0.2) is 42.5 Å². The van der Waals surface area contributed by atoms with Crippen LogP contribution in [0.25, 0.3) is 0 Å². The standard InChI is InChI=1S/C21H20F6O5/c1-13-11-15(19(30,20(22,23)24)21(25,26)27)5-8-17(13)32-10-2-9-31-16-6-3-14(4-7-16)12-18(28)29/h3-8,11,30H,2,9-10,12H2,1H3,(H,28,29). The highest BCUT2D eigenvalue weighted by Crippen LogP contribution is 2.50. The lowest BCUT2D eigenvalue weighted by molar-refractivity contribution is -0.376. The lowest BCUT2D eigenvalue weighted by atomic mass is 9.91. The summed E-state index contributed by atoms with van der Waals surface area (Å²) in [5.74, 6) is -0.391. The van der Waals surface area contributed by atoms with Crippen LogP contribution in [0.2, 0.25) is 0 Å². The summed E-state index contributed by atoms with van der Waals surface area (Å²) in [4.78, 5) is 10.6. The number of halogens is 6. The third-order valence-electron chi connectivity index (χ3n) is 4.51. The number of carbonyl (C=O) groups is 1. The third-order valence-corrected chi connectivity index (χ3v) is 4.51. The molecule has 0 fully saturated rings.